The molecule has 0 unspecified atom stereocenters. The van der Waals surface area contributed by atoms with Crippen molar-refractivity contribution in [1.29, 1.82) is 0 Å². The van der Waals surface area contributed by atoms with E-state index in [1.54, 1.807) is 6.92 Å². The number of carbonyl (C=O) groups excluding carboxylic acids is 2. The molecule has 0 amide bonds. The Morgan fingerprint density at radius 1 is 1.44 bits per heavy atom. The largest absolute Gasteiger partial charge is 0.458 e. The standard InChI is InChI=1S/C20H26O5/c1-10(2)8-15(21)24-14-9-20(5,23)13-7-6-11(3)16(13)18-17(14)12(4)19(22)25-18/h6,8,13-14,16-18,23H,4,7,9H2,1-3,5H3/t13-,14+,16+,17-,18-,20-/m1/s1. The number of fused-ring (bicyclic) bond motifs is 3. The molecule has 3 rings (SSSR count). The molecule has 0 spiro atoms. The number of allylic oxidation sites excluding steroid dienone is 2. The highest BCUT2D eigenvalue weighted by molar-refractivity contribution is 5.91. The van der Waals surface area contributed by atoms with Gasteiger partial charge >= 0.3 is 11.9 Å². The molecule has 0 radical (unpaired) electrons. The summed E-state index contributed by atoms with van der Waals surface area (Å²) < 4.78 is 11.3. The van der Waals surface area contributed by atoms with Crippen molar-refractivity contribution in [3.8, 4) is 0 Å². The minimum atomic E-state index is -1.02. The van der Waals surface area contributed by atoms with Crippen LogP contribution < -0.4 is 0 Å². The van der Waals surface area contributed by atoms with Crippen molar-refractivity contribution in [3.05, 3.63) is 35.5 Å². The number of aliphatic hydroxyl groups is 1. The molecular weight excluding hydrogens is 320 g/mol. The van der Waals surface area contributed by atoms with Crippen LogP contribution in [0.1, 0.15) is 40.5 Å². The second-order valence-electron chi connectivity index (χ2n) is 8.00. The molecular formula is C20H26O5. The first-order chi connectivity index (χ1) is 11.6. The van der Waals surface area contributed by atoms with Gasteiger partial charge in [-0.05, 0) is 34.1 Å². The fourth-order valence-electron chi connectivity index (χ4n) is 4.60. The topological polar surface area (TPSA) is 72.8 Å². The lowest BCUT2D eigenvalue weighted by molar-refractivity contribution is -0.149. The van der Waals surface area contributed by atoms with Gasteiger partial charge in [-0.25, -0.2) is 9.59 Å². The molecule has 1 saturated heterocycles. The van der Waals surface area contributed by atoms with Crippen LogP contribution >= 0.6 is 0 Å². The molecule has 0 aromatic carbocycles. The summed E-state index contributed by atoms with van der Waals surface area (Å²) >= 11 is 0. The van der Waals surface area contributed by atoms with E-state index in [0.29, 0.717) is 5.57 Å². The molecule has 1 saturated carbocycles. The smallest absolute Gasteiger partial charge is 0.334 e. The fourth-order valence-corrected chi connectivity index (χ4v) is 4.60. The van der Waals surface area contributed by atoms with Crippen molar-refractivity contribution < 1.29 is 24.2 Å². The Morgan fingerprint density at radius 2 is 2.12 bits per heavy atom. The first-order valence-corrected chi connectivity index (χ1v) is 8.76. The molecule has 3 aliphatic rings. The van der Waals surface area contributed by atoms with Crippen LogP contribution in [0.2, 0.25) is 0 Å². The third-order valence-electron chi connectivity index (χ3n) is 5.76. The maximum atomic E-state index is 12.2. The molecule has 2 fully saturated rings. The third kappa shape index (κ3) is 3.06. The zero-order valence-electron chi connectivity index (χ0n) is 15.2. The summed E-state index contributed by atoms with van der Waals surface area (Å²) in [5.41, 5.74) is 1.25. The van der Waals surface area contributed by atoms with Gasteiger partial charge in [0.2, 0.25) is 0 Å². The Bertz CT molecular complexity index is 680. The maximum Gasteiger partial charge on any atom is 0.334 e. The van der Waals surface area contributed by atoms with Gasteiger partial charge in [-0.1, -0.05) is 23.8 Å². The lowest BCUT2D eigenvalue weighted by atomic mass is 9.76. The summed E-state index contributed by atoms with van der Waals surface area (Å²) in [6.07, 6.45) is 3.43. The van der Waals surface area contributed by atoms with Gasteiger partial charge in [0.15, 0.2) is 0 Å². The second-order valence-corrected chi connectivity index (χ2v) is 8.00. The average Bonchev–Trinajstić information content (AvgIpc) is 2.96. The zero-order chi connectivity index (χ0) is 18.5. The molecule has 2 aliphatic carbocycles. The second kappa shape index (κ2) is 6.13. The molecule has 0 bridgehead atoms. The fraction of sp³-hybridized carbons (Fsp3) is 0.600. The Hall–Kier alpha value is -1.88. The van der Waals surface area contributed by atoms with Crippen LogP contribution in [0.25, 0.3) is 0 Å². The third-order valence-corrected chi connectivity index (χ3v) is 5.76. The average molecular weight is 346 g/mol. The molecule has 1 heterocycles. The van der Waals surface area contributed by atoms with E-state index in [1.165, 1.54) is 6.08 Å². The Labute approximate surface area is 148 Å². The van der Waals surface area contributed by atoms with Gasteiger partial charge in [0.05, 0.1) is 11.5 Å². The summed E-state index contributed by atoms with van der Waals surface area (Å²) in [6.45, 7) is 11.3. The van der Waals surface area contributed by atoms with Crippen molar-refractivity contribution in [3.63, 3.8) is 0 Å². The highest BCUT2D eigenvalue weighted by Crippen LogP contribution is 2.52. The molecule has 136 valence electrons. The number of carbonyl (C=O) groups is 2. The van der Waals surface area contributed by atoms with Crippen LogP contribution in [-0.4, -0.2) is 34.9 Å². The van der Waals surface area contributed by atoms with Gasteiger partial charge in [0.25, 0.3) is 0 Å². The molecule has 0 aromatic rings. The van der Waals surface area contributed by atoms with Crippen LogP contribution in [-0.2, 0) is 19.1 Å². The van der Waals surface area contributed by atoms with Crippen molar-refractivity contribution >= 4 is 11.9 Å². The number of hydrogen-bond donors (Lipinski definition) is 1. The predicted molar refractivity (Wildman–Crippen MR) is 92.4 cm³/mol. The minimum Gasteiger partial charge on any atom is -0.458 e. The van der Waals surface area contributed by atoms with E-state index in [0.717, 1.165) is 17.6 Å². The van der Waals surface area contributed by atoms with E-state index < -0.39 is 35.7 Å². The molecule has 5 heteroatoms. The van der Waals surface area contributed by atoms with Crippen LogP contribution in [0, 0.1) is 17.8 Å². The van der Waals surface area contributed by atoms with E-state index in [9.17, 15) is 14.7 Å². The highest BCUT2D eigenvalue weighted by Gasteiger charge is 2.58. The summed E-state index contributed by atoms with van der Waals surface area (Å²) in [5.74, 6) is -1.46. The van der Waals surface area contributed by atoms with E-state index >= 15 is 0 Å². The van der Waals surface area contributed by atoms with Crippen LogP contribution in [0.4, 0.5) is 0 Å². The quantitative estimate of drug-likeness (QED) is 0.473. The lowest BCUT2D eigenvalue weighted by Gasteiger charge is -2.34. The van der Waals surface area contributed by atoms with E-state index in [-0.39, 0.29) is 18.3 Å². The SMILES string of the molecule is C=C1C(=O)O[C@@H]2[C@H]3C(C)=CC[C@H]3[C@](C)(O)C[C@H](OC(=O)C=C(C)C)[C@@H]12. The summed E-state index contributed by atoms with van der Waals surface area (Å²) in [5, 5.41) is 11.1. The van der Waals surface area contributed by atoms with Gasteiger partial charge in [-0.15, -0.1) is 0 Å². The predicted octanol–water partition coefficient (Wildman–Crippen LogP) is 2.70. The van der Waals surface area contributed by atoms with Gasteiger partial charge < -0.3 is 14.6 Å². The zero-order valence-corrected chi connectivity index (χ0v) is 15.2. The van der Waals surface area contributed by atoms with Crippen molar-refractivity contribution in [2.45, 2.75) is 58.3 Å². The van der Waals surface area contributed by atoms with Gasteiger partial charge in [0.1, 0.15) is 12.2 Å². The lowest BCUT2D eigenvalue weighted by Crippen LogP contribution is -2.40. The van der Waals surface area contributed by atoms with Crippen molar-refractivity contribution in [1.82, 2.24) is 0 Å². The van der Waals surface area contributed by atoms with E-state index in [2.05, 4.69) is 12.7 Å². The first-order valence-electron chi connectivity index (χ1n) is 8.76. The number of ether oxygens (including phenoxy) is 2. The van der Waals surface area contributed by atoms with Gasteiger partial charge in [0, 0.05) is 29.9 Å². The number of esters is 2. The van der Waals surface area contributed by atoms with Crippen LogP contribution in [0.5, 0.6) is 0 Å². The molecule has 0 aromatic heterocycles. The van der Waals surface area contributed by atoms with E-state index in [1.807, 2.05) is 20.8 Å². The van der Waals surface area contributed by atoms with Crippen LogP contribution in [0.15, 0.2) is 35.5 Å². The highest BCUT2D eigenvalue weighted by atomic mass is 16.6. The van der Waals surface area contributed by atoms with Crippen molar-refractivity contribution in [2.24, 2.45) is 17.8 Å². The van der Waals surface area contributed by atoms with Gasteiger partial charge in [-0.3, -0.25) is 0 Å². The molecule has 1 aliphatic heterocycles. The monoisotopic (exact) mass is 346 g/mol. The molecule has 25 heavy (non-hydrogen) atoms. The Morgan fingerprint density at radius 3 is 2.76 bits per heavy atom. The van der Waals surface area contributed by atoms with Gasteiger partial charge in [-0.2, -0.15) is 0 Å². The number of hydrogen-bond acceptors (Lipinski definition) is 5. The number of rotatable bonds is 2. The summed E-state index contributed by atoms with van der Waals surface area (Å²) in [7, 11) is 0. The van der Waals surface area contributed by atoms with E-state index in [4.69, 9.17) is 9.47 Å². The molecule has 6 atom stereocenters. The maximum absolute atomic E-state index is 12.2. The molecule has 1 N–H and O–H groups in total. The Balaban J connectivity index is 1.99. The van der Waals surface area contributed by atoms with Crippen LogP contribution in [0.3, 0.4) is 0 Å². The summed E-state index contributed by atoms with van der Waals surface area (Å²) in [6, 6.07) is 0. The minimum absolute atomic E-state index is 0.0640. The summed E-state index contributed by atoms with van der Waals surface area (Å²) in [4.78, 5) is 24.3. The molecule has 5 nitrogen and oxygen atoms in total. The van der Waals surface area contributed by atoms with Crippen molar-refractivity contribution in [2.75, 3.05) is 0 Å². The Kier molecular flexibility index (Phi) is 4.40. The first kappa shape index (κ1) is 17.9. The normalized spacial score (nSPS) is 39.7.